The molecule has 0 radical (unpaired) electrons. The Bertz CT molecular complexity index is 967. The van der Waals surface area contributed by atoms with Gasteiger partial charge >= 0.3 is 0 Å². The number of benzene rings is 3. The number of hydrogen-bond donors (Lipinski definition) is 3. The molecule has 3 N–H and O–H groups in total. The van der Waals surface area contributed by atoms with Crippen LogP contribution in [0.15, 0.2) is 59.7 Å². The fourth-order valence-corrected chi connectivity index (χ4v) is 2.43. The number of aromatic hydroxyl groups is 2. The number of phenols is 2. The molecule has 0 aliphatic heterocycles. The molecule has 0 heterocycles. The van der Waals surface area contributed by atoms with Crippen LogP contribution in [0.5, 0.6) is 17.2 Å². The molecule has 25 heavy (non-hydrogen) atoms. The van der Waals surface area contributed by atoms with Crippen LogP contribution in [0, 0.1) is 0 Å². The van der Waals surface area contributed by atoms with Crippen molar-refractivity contribution in [3.8, 4) is 17.2 Å². The van der Waals surface area contributed by atoms with Crippen LogP contribution >= 0.6 is 0 Å². The summed E-state index contributed by atoms with van der Waals surface area (Å²) < 4.78 is 5.29. The Kier molecular flexibility index (Phi) is 4.52. The Labute approximate surface area is 144 Å². The van der Waals surface area contributed by atoms with Gasteiger partial charge in [-0.25, -0.2) is 5.43 Å². The van der Waals surface area contributed by atoms with E-state index in [1.807, 2.05) is 24.3 Å². The molecule has 0 spiro atoms. The van der Waals surface area contributed by atoms with Crippen molar-refractivity contribution in [3.05, 3.63) is 65.7 Å². The number of nitrogens with one attached hydrogen (secondary N) is 1. The summed E-state index contributed by atoms with van der Waals surface area (Å²) in [6, 6.07) is 15.3. The highest BCUT2D eigenvalue weighted by Crippen LogP contribution is 2.26. The number of methoxy groups -OCH3 is 1. The molecule has 0 fully saturated rings. The standard InChI is InChI=1S/C19H16N2O4/c1-25-18-9-13-5-3-2-4-12(13)8-16(18)19(24)21-20-11-14-6-7-15(22)10-17(14)23/h2-11,22-23H,1H3,(H,21,24). The van der Waals surface area contributed by atoms with E-state index in [1.165, 1.54) is 31.5 Å². The smallest absolute Gasteiger partial charge is 0.275 e. The summed E-state index contributed by atoms with van der Waals surface area (Å²) in [5, 5.41) is 24.7. The highest BCUT2D eigenvalue weighted by atomic mass is 16.5. The summed E-state index contributed by atoms with van der Waals surface area (Å²) in [5.41, 5.74) is 3.12. The maximum Gasteiger partial charge on any atom is 0.275 e. The van der Waals surface area contributed by atoms with Gasteiger partial charge in [0, 0.05) is 11.6 Å². The lowest BCUT2D eigenvalue weighted by Gasteiger charge is -2.09. The minimum atomic E-state index is -0.433. The molecule has 1 amide bonds. The van der Waals surface area contributed by atoms with Crippen LogP contribution < -0.4 is 10.2 Å². The fraction of sp³-hybridized carbons (Fsp3) is 0.0526. The van der Waals surface area contributed by atoms with Crippen LogP contribution in [0.2, 0.25) is 0 Å². The minimum Gasteiger partial charge on any atom is -0.508 e. The molecule has 6 heteroatoms. The van der Waals surface area contributed by atoms with E-state index in [-0.39, 0.29) is 11.5 Å². The van der Waals surface area contributed by atoms with Crippen LogP contribution in [-0.4, -0.2) is 29.4 Å². The van der Waals surface area contributed by atoms with E-state index in [2.05, 4.69) is 10.5 Å². The highest BCUT2D eigenvalue weighted by molar-refractivity contribution is 6.02. The minimum absolute atomic E-state index is 0.0559. The maximum absolute atomic E-state index is 12.4. The Hall–Kier alpha value is -3.54. The highest BCUT2D eigenvalue weighted by Gasteiger charge is 2.13. The number of phenolic OH excluding ortho intramolecular Hbond substituents is 2. The Balaban J connectivity index is 1.83. The normalized spacial score (nSPS) is 10.9. The average Bonchev–Trinajstić information content (AvgIpc) is 2.62. The molecular weight excluding hydrogens is 320 g/mol. The molecule has 0 aromatic heterocycles. The first-order valence-electron chi connectivity index (χ1n) is 7.50. The lowest BCUT2D eigenvalue weighted by Crippen LogP contribution is -2.18. The Morgan fingerprint density at radius 1 is 1.08 bits per heavy atom. The summed E-state index contributed by atoms with van der Waals surface area (Å²) in [6.07, 6.45) is 1.29. The van der Waals surface area contributed by atoms with Gasteiger partial charge in [-0.15, -0.1) is 0 Å². The van der Waals surface area contributed by atoms with Crippen molar-refractivity contribution in [2.24, 2.45) is 5.10 Å². The van der Waals surface area contributed by atoms with E-state index in [9.17, 15) is 15.0 Å². The number of ether oxygens (including phenoxy) is 1. The topological polar surface area (TPSA) is 91.2 Å². The first-order chi connectivity index (χ1) is 12.1. The fourth-order valence-electron chi connectivity index (χ4n) is 2.43. The number of hydrogen-bond acceptors (Lipinski definition) is 5. The second-order valence-corrected chi connectivity index (χ2v) is 5.34. The van der Waals surface area contributed by atoms with Gasteiger partial charge in [0.1, 0.15) is 17.2 Å². The SMILES string of the molecule is COc1cc2ccccc2cc1C(=O)NN=Cc1ccc(O)cc1O. The van der Waals surface area contributed by atoms with Crippen LogP contribution in [-0.2, 0) is 0 Å². The number of rotatable bonds is 4. The van der Waals surface area contributed by atoms with Gasteiger partial charge in [0.25, 0.3) is 5.91 Å². The molecule has 0 aliphatic rings. The van der Waals surface area contributed by atoms with E-state index in [0.717, 1.165) is 10.8 Å². The van der Waals surface area contributed by atoms with E-state index >= 15 is 0 Å². The quantitative estimate of drug-likeness (QED) is 0.504. The summed E-state index contributed by atoms with van der Waals surface area (Å²) in [5.74, 6) is -0.183. The van der Waals surface area contributed by atoms with Gasteiger partial charge in [0.05, 0.1) is 18.9 Å². The molecule has 3 rings (SSSR count). The second kappa shape index (κ2) is 6.92. The first kappa shape index (κ1) is 16.3. The predicted octanol–water partition coefficient (Wildman–Crippen LogP) is 3.02. The zero-order valence-corrected chi connectivity index (χ0v) is 13.4. The van der Waals surface area contributed by atoms with Crippen LogP contribution in [0.1, 0.15) is 15.9 Å². The van der Waals surface area contributed by atoms with Gasteiger partial charge in [0.2, 0.25) is 0 Å². The molecule has 0 saturated heterocycles. The zero-order valence-electron chi connectivity index (χ0n) is 13.4. The van der Waals surface area contributed by atoms with E-state index in [1.54, 1.807) is 12.1 Å². The number of carbonyl (C=O) groups excluding carboxylic acids is 1. The number of amides is 1. The number of hydrazone groups is 1. The monoisotopic (exact) mass is 336 g/mol. The van der Waals surface area contributed by atoms with E-state index in [4.69, 9.17) is 4.74 Å². The van der Waals surface area contributed by atoms with Crippen LogP contribution in [0.4, 0.5) is 0 Å². The zero-order chi connectivity index (χ0) is 17.8. The van der Waals surface area contributed by atoms with Crippen LogP contribution in [0.3, 0.4) is 0 Å². The van der Waals surface area contributed by atoms with Crippen molar-refractivity contribution in [3.63, 3.8) is 0 Å². The molecular formula is C19H16N2O4. The summed E-state index contributed by atoms with van der Waals surface area (Å²) in [6.45, 7) is 0. The average molecular weight is 336 g/mol. The van der Waals surface area contributed by atoms with Gasteiger partial charge < -0.3 is 14.9 Å². The van der Waals surface area contributed by atoms with Crippen LogP contribution in [0.25, 0.3) is 10.8 Å². The Morgan fingerprint density at radius 2 is 1.80 bits per heavy atom. The van der Waals surface area contributed by atoms with Gasteiger partial charge in [-0.2, -0.15) is 5.10 Å². The van der Waals surface area contributed by atoms with Crippen molar-refractivity contribution in [1.29, 1.82) is 0 Å². The number of fused-ring (bicyclic) bond motifs is 1. The van der Waals surface area contributed by atoms with Gasteiger partial charge in [0.15, 0.2) is 0 Å². The van der Waals surface area contributed by atoms with Gasteiger partial charge in [-0.3, -0.25) is 4.79 Å². The summed E-state index contributed by atoms with van der Waals surface area (Å²) in [4.78, 5) is 12.4. The lowest BCUT2D eigenvalue weighted by atomic mass is 10.1. The predicted molar refractivity (Wildman–Crippen MR) is 95.3 cm³/mol. The molecule has 3 aromatic rings. The molecule has 0 aliphatic carbocycles. The third-order valence-corrected chi connectivity index (χ3v) is 3.70. The number of carbonyl (C=O) groups is 1. The van der Waals surface area contributed by atoms with E-state index < -0.39 is 5.91 Å². The Morgan fingerprint density at radius 3 is 2.48 bits per heavy atom. The molecule has 126 valence electrons. The molecule has 0 bridgehead atoms. The molecule has 0 atom stereocenters. The second-order valence-electron chi connectivity index (χ2n) is 5.34. The van der Waals surface area contributed by atoms with Gasteiger partial charge in [-0.1, -0.05) is 24.3 Å². The third kappa shape index (κ3) is 3.53. The molecule has 3 aromatic carbocycles. The number of nitrogens with zero attached hydrogens (tertiary/aromatic N) is 1. The van der Waals surface area contributed by atoms with Gasteiger partial charge in [-0.05, 0) is 35.0 Å². The van der Waals surface area contributed by atoms with Crippen molar-refractivity contribution in [1.82, 2.24) is 5.43 Å². The largest absolute Gasteiger partial charge is 0.508 e. The summed E-state index contributed by atoms with van der Waals surface area (Å²) in [7, 11) is 1.50. The van der Waals surface area contributed by atoms with Crippen molar-refractivity contribution < 1.29 is 19.7 Å². The lowest BCUT2D eigenvalue weighted by molar-refractivity contribution is 0.0952. The van der Waals surface area contributed by atoms with Crippen molar-refractivity contribution >= 4 is 22.9 Å². The molecule has 0 unspecified atom stereocenters. The summed E-state index contributed by atoms with van der Waals surface area (Å²) >= 11 is 0. The molecule has 0 saturated carbocycles. The maximum atomic E-state index is 12.4. The van der Waals surface area contributed by atoms with E-state index in [0.29, 0.717) is 16.9 Å². The van der Waals surface area contributed by atoms with Crippen molar-refractivity contribution in [2.75, 3.05) is 7.11 Å². The molecule has 6 nitrogen and oxygen atoms in total. The third-order valence-electron chi connectivity index (χ3n) is 3.70. The first-order valence-corrected chi connectivity index (χ1v) is 7.50. The van der Waals surface area contributed by atoms with Crippen molar-refractivity contribution in [2.45, 2.75) is 0 Å².